The van der Waals surface area contributed by atoms with E-state index in [1.165, 1.54) is 12.0 Å². The minimum absolute atomic E-state index is 0.0402. The highest BCUT2D eigenvalue weighted by atomic mass is 32.1. The predicted octanol–water partition coefficient (Wildman–Crippen LogP) is 4.70. The van der Waals surface area contributed by atoms with Gasteiger partial charge < -0.3 is 10.4 Å². The molecule has 1 aromatic rings. The van der Waals surface area contributed by atoms with Crippen molar-refractivity contribution in [3.05, 3.63) is 29.8 Å². The van der Waals surface area contributed by atoms with E-state index in [1.807, 2.05) is 38.1 Å². The number of aliphatic hydroxyl groups is 1. The fourth-order valence-electron chi connectivity index (χ4n) is 6.24. The zero-order valence-corrected chi connectivity index (χ0v) is 19.8. The van der Waals surface area contributed by atoms with E-state index in [0.29, 0.717) is 11.0 Å². The third-order valence-electron chi connectivity index (χ3n) is 7.78. The molecule has 5 nitrogen and oxygen atoms in total. The average Bonchev–Trinajstić information content (AvgIpc) is 2.64. The summed E-state index contributed by atoms with van der Waals surface area (Å²) in [4.78, 5) is 12.8. The first-order chi connectivity index (χ1) is 13.9. The van der Waals surface area contributed by atoms with E-state index in [1.54, 1.807) is 0 Å². The van der Waals surface area contributed by atoms with Crippen molar-refractivity contribution in [2.75, 3.05) is 5.32 Å². The van der Waals surface area contributed by atoms with Crippen molar-refractivity contribution < 1.29 is 9.90 Å². The van der Waals surface area contributed by atoms with Gasteiger partial charge in [0.05, 0.1) is 5.60 Å². The molecule has 4 atom stereocenters. The first-order valence-electron chi connectivity index (χ1n) is 11.1. The molecule has 1 aromatic carbocycles. The second-order valence-electron chi connectivity index (χ2n) is 10.5. The van der Waals surface area contributed by atoms with Crippen molar-refractivity contribution in [3.8, 4) is 0 Å². The maximum absolute atomic E-state index is 12.8. The molecule has 2 saturated carbocycles. The number of rotatable bonds is 3. The van der Waals surface area contributed by atoms with Gasteiger partial charge in [-0.25, -0.2) is 0 Å². The summed E-state index contributed by atoms with van der Waals surface area (Å²) in [5.41, 5.74) is 6.94. The van der Waals surface area contributed by atoms with Crippen molar-refractivity contribution in [1.82, 2.24) is 10.9 Å². The molecule has 0 aromatic heterocycles. The Morgan fingerprint density at radius 2 is 1.77 bits per heavy atom. The minimum atomic E-state index is -0.837. The van der Waals surface area contributed by atoms with Gasteiger partial charge in [-0.1, -0.05) is 44.9 Å². The summed E-state index contributed by atoms with van der Waals surface area (Å²) in [7, 11) is 0. The summed E-state index contributed by atoms with van der Waals surface area (Å²) >= 11 is 5.29. The van der Waals surface area contributed by atoms with Gasteiger partial charge in [-0.2, -0.15) is 0 Å². The molecule has 4 N–H and O–H groups in total. The van der Waals surface area contributed by atoms with Crippen LogP contribution in [0, 0.1) is 29.6 Å². The Bertz CT molecular complexity index is 790. The number of hydrogen-bond donors (Lipinski definition) is 4. The molecule has 0 aliphatic heterocycles. The molecular weight excluding hydrogens is 394 g/mol. The van der Waals surface area contributed by atoms with Crippen molar-refractivity contribution in [2.24, 2.45) is 22.7 Å². The van der Waals surface area contributed by atoms with Gasteiger partial charge in [0, 0.05) is 18.0 Å². The van der Waals surface area contributed by atoms with Crippen LogP contribution in [-0.2, 0) is 4.79 Å². The summed E-state index contributed by atoms with van der Waals surface area (Å²) < 4.78 is 0. The van der Waals surface area contributed by atoms with Gasteiger partial charge in [0.15, 0.2) is 5.11 Å². The molecule has 0 bridgehead atoms. The van der Waals surface area contributed by atoms with Gasteiger partial charge >= 0.3 is 0 Å². The average molecular weight is 432 g/mol. The molecular formula is C24H37N3O2S. The van der Waals surface area contributed by atoms with Gasteiger partial charge in [-0.05, 0) is 80.6 Å². The lowest BCUT2D eigenvalue weighted by Gasteiger charge is -2.61. The second kappa shape index (κ2) is 8.46. The highest BCUT2D eigenvalue weighted by molar-refractivity contribution is 7.80. The number of nitrogens with one attached hydrogen (secondary N) is 3. The van der Waals surface area contributed by atoms with Crippen molar-refractivity contribution in [2.45, 2.75) is 78.7 Å². The van der Waals surface area contributed by atoms with Crippen LogP contribution >= 0.6 is 12.2 Å². The number of fused-ring (bicyclic) bond motifs is 1. The third kappa shape index (κ3) is 4.80. The van der Waals surface area contributed by atoms with Crippen molar-refractivity contribution in [1.29, 1.82) is 0 Å². The quantitative estimate of drug-likeness (QED) is 0.413. The van der Waals surface area contributed by atoms with Crippen LogP contribution in [-0.4, -0.2) is 21.7 Å². The Morgan fingerprint density at radius 3 is 2.43 bits per heavy atom. The number of amides is 1. The number of anilines is 1. The molecule has 166 valence electrons. The van der Waals surface area contributed by atoms with Crippen molar-refractivity contribution >= 4 is 28.9 Å². The van der Waals surface area contributed by atoms with Gasteiger partial charge in [-0.15, -0.1) is 0 Å². The van der Waals surface area contributed by atoms with Crippen LogP contribution in [0.15, 0.2) is 24.3 Å². The van der Waals surface area contributed by atoms with Gasteiger partial charge in [0.25, 0.3) is 0 Å². The van der Waals surface area contributed by atoms with Gasteiger partial charge in [-0.3, -0.25) is 15.6 Å². The number of hydrazine groups is 1. The van der Waals surface area contributed by atoms with Crippen molar-refractivity contribution in [3.63, 3.8) is 0 Å². The summed E-state index contributed by atoms with van der Waals surface area (Å²) in [6.07, 6.45) is 5.49. The minimum Gasteiger partial charge on any atom is -0.390 e. The zero-order chi connectivity index (χ0) is 22.2. The topological polar surface area (TPSA) is 73.4 Å². The zero-order valence-electron chi connectivity index (χ0n) is 19.0. The smallest absolute Gasteiger partial charge is 0.238 e. The number of benzene rings is 1. The molecule has 30 heavy (non-hydrogen) atoms. The van der Waals surface area contributed by atoms with E-state index in [2.05, 4.69) is 36.9 Å². The number of aryl methyl sites for hydroxylation is 1. The molecule has 2 aliphatic carbocycles. The van der Waals surface area contributed by atoms with E-state index in [9.17, 15) is 9.90 Å². The Kier molecular flexibility index (Phi) is 6.49. The number of carbonyl (C=O) groups excluding carboxylic acids is 1. The van der Waals surface area contributed by atoms with Crippen LogP contribution in [0.25, 0.3) is 0 Å². The predicted molar refractivity (Wildman–Crippen MR) is 126 cm³/mol. The van der Waals surface area contributed by atoms with Crippen LogP contribution in [0.2, 0.25) is 0 Å². The maximum atomic E-state index is 12.8. The summed E-state index contributed by atoms with van der Waals surface area (Å²) in [5, 5.41) is 14.6. The summed E-state index contributed by atoms with van der Waals surface area (Å²) in [5.74, 6) is 0.302. The van der Waals surface area contributed by atoms with Crippen LogP contribution in [0.3, 0.4) is 0 Å². The fourth-order valence-corrected chi connectivity index (χ4v) is 6.41. The van der Waals surface area contributed by atoms with Crippen LogP contribution in [0.1, 0.15) is 71.8 Å². The lowest BCUT2D eigenvalue weighted by molar-refractivity contribution is -0.173. The first kappa shape index (κ1) is 23.0. The monoisotopic (exact) mass is 431 g/mol. The molecule has 0 heterocycles. The summed E-state index contributed by atoms with van der Waals surface area (Å²) in [6.45, 7) is 10.9. The largest absolute Gasteiger partial charge is 0.390 e. The van der Waals surface area contributed by atoms with E-state index in [0.717, 1.165) is 31.4 Å². The SMILES string of the molecule is Cc1ccc(NC(=S)NNC(=O)C[C@@H]2[C@@]3(C)CCCC(C)(C)[C@@H]3CC[C@@]2(C)O)cc1. The molecule has 6 heteroatoms. The fraction of sp³-hybridized carbons (Fsp3) is 0.667. The standard InChI is InChI=1S/C24H37N3O2S/c1-16-7-9-17(10-8-16)25-21(30)27-26-20(28)15-19-23(4)13-6-12-22(2,3)18(23)11-14-24(19,5)29/h7-10,18-19,29H,6,11-15H2,1-5H3,(H,26,28)(H2,25,27,30)/t18-,19+,23-,24+/m0/s1. The second-order valence-corrected chi connectivity index (χ2v) is 11.0. The van der Waals surface area contributed by atoms with Crippen LogP contribution in [0.4, 0.5) is 5.69 Å². The van der Waals surface area contributed by atoms with Crippen LogP contribution < -0.4 is 16.2 Å². The Hall–Kier alpha value is -1.66. The lowest BCUT2D eigenvalue weighted by atomic mass is 9.45. The molecule has 2 aliphatic rings. The maximum Gasteiger partial charge on any atom is 0.238 e. The number of carbonyl (C=O) groups is 1. The third-order valence-corrected chi connectivity index (χ3v) is 7.98. The molecule has 3 rings (SSSR count). The van der Waals surface area contributed by atoms with E-state index in [-0.39, 0.29) is 29.1 Å². The lowest BCUT2D eigenvalue weighted by Crippen LogP contribution is -2.59. The summed E-state index contributed by atoms with van der Waals surface area (Å²) in [6, 6.07) is 7.88. The highest BCUT2D eigenvalue weighted by Crippen LogP contribution is 2.62. The Morgan fingerprint density at radius 1 is 1.10 bits per heavy atom. The van der Waals surface area contributed by atoms with Gasteiger partial charge in [0.2, 0.25) is 5.91 Å². The van der Waals surface area contributed by atoms with E-state index >= 15 is 0 Å². The molecule has 0 unspecified atom stereocenters. The number of thiocarbonyl (C=S) groups is 1. The van der Waals surface area contributed by atoms with E-state index in [4.69, 9.17) is 12.2 Å². The molecule has 1 amide bonds. The first-order valence-corrected chi connectivity index (χ1v) is 11.5. The molecule has 0 spiro atoms. The highest BCUT2D eigenvalue weighted by Gasteiger charge is 2.58. The Labute approximate surface area is 186 Å². The van der Waals surface area contributed by atoms with Crippen LogP contribution in [0.5, 0.6) is 0 Å². The molecule has 2 fully saturated rings. The normalized spacial score (nSPS) is 32.6. The molecule has 0 saturated heterocycles. The van der Waals surface area contributed by atoms with Gasteiger partial charge in [0.1, 0.15) is 0 Å². The Balaban J connectivity index is 1.62. The number of hydrogen-bond acceptors (Lipinski definition) is 3. The molecule has 0 radical (unpaired) electrons. The van der Waals surface area contributed by atoms with E-state index < -0.39 is 5.60 Å².